The van der Waals surface area contributed by atoms with Crippen molar-refractivity contribution < 1.29 is 9.53 Å². The second kappa shape index (κ2) is 10.6. The smallest absolute Gasteiger partial charge is 0.259 e. The van der Waals surface area contributed by atoms with Crippen molar-refractivity contribution in [3.05, 3.63) is 97.9 Å². The maximum Gasteiger partial charge on any atom is 0.259 e. The molecule has 0 unspecified atom stereocenters. The molecule has 0 bridgehead atoms. The summed E-state index contributed by atoms with van der Waals surface area (Å²) in [6.45, 7) is 5.50. The highest BCUT2D eigenvalue weighted by atomic mass is 32.1. The van der Waals surface area contributed by atoms with Gasteiger partial charge in [-0.05, 0) is 36.1 Å². The Labute approximate surface area is 196 Å². The number of amides is 1. The summed E-state index contributed by atoms with van der Waals surface area (Å²) in [7, 11) is 0. The van der Waals surface area contributed by atoms with E-state index in [1.807, 2.05) is 68.4 Å². The maximum atomic E-state index is 12.4. The number of aromatic amines is 1. The van der Waals surface area contributed by atoms with Crippen LogP contribution in [0.2, 0.25) is 0 Å². The summed E-state index contributed by atoms with van der Waals surface area (Å²) in [5.41, 5.74) is 4.10. The largest absolute Gasteiger partial charge is 0.372 e. The average Bonchev–Trinajstić information content (AvgIpc) is 3.11. The predicted molar refractivity (Wildman–Crippen MR) is 131 cm³/mol. The van der Waals surface area contributed by atoms with Crippen LogP contribution in [0.3, 0.4) is 0 Å². The summed E-state index contributed by atoms with van der Waals surface area (Å²) in [6.07, 6.45) is 0.661. The van der Waals surface area contributed by atoms with E-state index in [9.17, 15) is 9.59 Å². The van der Waals surface area contributed by atoms with Crippen LogP contribution in [0.25, 0.3) is 10.2 Å². The minimum absolute atomic E-state index is 0.0773. The van der Waals surface area contributed by atoms with E-state index in [1.165, 1.54) is 11.3 Å². The van der Waals surface area contributed by atoms with Crippen molar-refractivity contribution in [1.29, 1.82) is 0 Å². The first-order chi connectivity index (χ1) is 16.0. The molecule has 0 fully saturated rings. The number of thiophene rings is 1. The molecule has 2 heterocycles. The number of benzene rings is 2. The zero-order valence-electron chi connectivity index (χ0n) is 18.8. The van der Waals surface area contributed by atoms with E-state index in [0.717, 1.165) is 32.0 Å². The van der Waals surface area contributed by atoms with Gasteiger partial charge in [-0.15, -0.1) is 11.3 Å². The number of carbonyl (C=O) groups is 1. The molecule has 4 aromatic rings. The number of nitrogens with zero attached hydrogens (tertiary/aromatic N) is 1. The van der Waals surface area contributed by atoms with Crippen LogP contribution >= 0.6 is 11.3 Å². The van der Waals surface area contributed by atoms with Crippen molar-refractivity contribution in [2.75, 3.05) is 0 Å². The fourth-order valence-corrected chi connectivity index (χ4v) is 4.60. The number of hydrogen-bond donors (Lipinski definition) is 2. The number of rotatable bonds is 9. The first-order valence-corrected chi connectivity index (χ1v) is 11.8. The molecule has 0 spiro atoms. The second-order valence-corrected chi connectivity index (χ2v) is 9.25. The first kappa shape index (κ1) is 22.9. The molecule has 0 aliphatic carbocycles. The van der Waals surface area contributed by atoms with E-state index in [2.05, 4.69) is 15.3 Å². The number of aryl methyl sites for hydroxylation is 3. The lowest BCUT2D eigenvalue weighted by Gasteiger charge is -2.08. The number of ether oxygens (including phenoxy) is 1. The Bertz CT molecular complexity index is 1290. The third-order valence-corrected chi connectivity index (χ3v) is 6.67. The van der Waals surface area contributed by atoms with Crippen LogP contribution in [-0.2, 0) is 35.7 Å². The normalized spacial score (nSPS) is 11.1. The maximum absolute atomic E-state index is 12.4. The highest BCUT2D eigenvalue weighted by Crippen LogP contribution is 2.25. The molecule has 2 N–H and O–H groups in total. The quantitative estimate of drug-likeness (QED) is 0.383. The van der Waals surface area contributed by atoms with Gasteiger partial charge in [0.15, 0.2) is 0 Å². The molecule has 0 atom stereocenters. The van der Waals surface area contributed by atoms with Crippen molar-refractivity contribution in [3.63, 3.8) is 0 Å². The molecule has 0 aliphatic rings. The number of carbonyl (C=O) groups excluding carboxylic acids is 1. The van der Waals surface area contributed by atoms with Gasteiger partial charge in [-0.1, -0.05) is 54.6 Å². The lowest BCUT2D eigenvalue weighted by Crippen LogP contribution is -2.23. The fraction of sp³-hybridized carbons (Fsp3) is 0.269. The standard InChI is InChI=1S/C26H27N3O3S/c1-17-18(2)33-26-24(17)25(31)28-22(29-26)12-13-23(30)27-14-19-8-10-21(11-9-19)16-32-15-20-6-4-3-5-7-20/h3-11H,12-16H2,1-2H3,(H,27,30)(H,28,29,31). The third-order valence-electron chi connectivity index (χ3n) is 5.57. The zero-order chi connectivity index (χ0) is 23.2. The molecule has 2 aromatic carbocycles. The van der Waals surface area contributed by atoms with Crippen LogP contribution < -0.4 is 10.9 Å². The Balaban J connectivity index is 1.23. The molecular formula is C26H27N3O3S. The van der Waals surface area contributed by atoms with Crippen LogP contribution in [-0.4, -0.2) is 15.9 Å². The Hall–Kier alpha value is -3.29. The topological polar surface area (TPSA) is 84.1 Å². The number of H-pyrrole nitrogens is 1. The molecule has 0 saturated heterocycles. The second-order valence-electron chi connectivity index (χ2n) is 8.05. The summed E-state index contributed by atoms with van der Waals surface area (Å²) in [5, 5.41) is 3.58. The molecule has 1 amide bonds. The summed E-state index contributed by atoms with van der Waals surface area (Å²) < 4.78 is 5.76. The molecule has 2 aromatic heterocycles. The monoisotopic (exact) mass is 461 g/mol. The van der Waals surface area contributed by atoms with E-state index in [0.29, 0.717) is 37.4 Å². The molecule has 7 heteroatoms. The van der Waals surface area contributed by atoms with Gasteiger partial charge < -0.3 is 15.0 Å². The van der Waals surface area contributed by atoms with E-state index in [-0.39, 0.29) is 17.9 Å². The predicted octanol–water partition coefficient (Wildman–Crippen LogP) is 4.57. The number of hydrogen-bond acceptors (Lipinski definition) is 5. The molecule has 0 aliphatic heterocycles. The molecular weight excluding hydrogens is 434 g/mol. The van der Waals surface area contributed by atoms with Crippen molar-refractivity contribution in [3.8, 4) is 0 Å². The molecule has 170 valence electrons. The van der Waals surface area contributed by atoms with Gasteiger partial charge in [0, 0.05) is 24.3 Å². The molecule has 33 heavy (non-hydrogen) atoms. The highest BCUT2D eigenvalue weighted by molar-refractivity contribution is 7.18. The summed E-state index contributed by atoms with van der Waals surface area (Å²) in [5.74, 6) is 0.468. The minimum atomic E-state index is -0.134. The summed E-state index contributed by atoms with van der Waals surface area (Å²) >= 11 is 1.51. The van der Waals surface area contributed by atoms with Gasteiger partial charge in [0.2, 0.25) is 5.91 Å². The lowest BCUT2D eigenvalue weighted by atomic mass is 10.1. The highest BCUT2D eigenvalue weighted by Gasteiger charge is 2.12. The lowest BCUT2D eigenvalue weighted by molar-refractivity contribution is -0.121. The van der Waals surface area contributed by atoms with Gasteiger partial charge >= 0.3 is 0 Å². The van der Waals surface area contributed by atoms with Gasteiger partial charge in [-0.3, -0.25) is 9.59 Å². The van der Waals surface area contributed by atoms with Crippen LogP contribution in [0, 0.1) is 13.8 Å². The fourth-order valence-electron chi connectivity index (χ4n) is 3.55. The summed E-state index contributed by atoms with van der Waals surface area (Å²) in [6, 6.07) is 18.1. The Morgan fingerprint density at radius 2 is 1.67 bits per heavy atom. The van der Waals surface area contributed by atoms with E-state index in [1.54, 1.807) is 0 Å². The summed E-state index contributed by atoms with van der Waals surface area (Å²) in [4.78, 5) is 33.8. The number of fused-ring (bicyclic) bond motifs is 1. The SMILES string of the molecule is Cc1sc2nc(CCC(=O)NCc3ccc(COCc4ccccc4)cc3)[nH]c(=O)c2c1C. The molecule has 4 rings (SSSR count). The molecule has 6 nitrogen and oxygen atoms in total. The van der Waals surface area contributed by atoms with Gasteiger partial charge in [0.05, 0.1) is 18.6 Å². The molecule has 0 saturated carbocycles. The number of nitrogens with one attached hydrogen (secondary N) is 2. The Morgan fingerprint density at radius 3 is 2.39 bits per heavy atom. The van der Waals surface area contributed by atoms with Crippen LogP contribution in [0.4, 0.5) is 0 Å². The van der Waals surface area contributed by atoms with Crippen molar-refractivity contribution in [1.82, 2.24) is 15.3 Å². The minimum Gasteiger partial charge on any atom is -0.372 e. The van der Waals surface area contributed by atoms with Crippen LogP contribution in [0.1, 0.15) is 39.4 Å². The van der Waals surface area contributed by atoms with Crippen molar-refractivity contribution in [2.45, 2.75) is 46.4 Å². The van der Waals surface area contributed by atoms with Crippen LogP contribution in [0.5, 0.6) is 0 Å². The van der Waals surface area contributed by atoms with Gasteiger partial charge in [0.1, 0.15) is 10.7 Å². The van der Waals surface area contributed by atoms with Gasteiger partial charge in [-0.25, -0.2) is 4.98 Å². The third kappa shape index (κ3) is 5.94. The van der Waals surface area contributed by atoms with Gasteiger partial charge in [-0.2, -0.15) is 0 Å². The first-order valence-electron chi connectivity index (χ1n) is 10.9. The van der Waals surface area contributed by atoms with E-state index in [4.69, 9.17) is 4.74 Å². The molecule has 0 radical (unpaired) electrons. The average molecular weight is 462 g/mol. The van der Waals surface area contributed by atoms with Crippen LogP contribution in [0.15, 0.2) is 59.4 Å². The van der Waals surface area contributed by atoms with Gasteiger partial charge in [0.25, 0.3) is 5.56 Å². The Morgan fingerprint density at radius 1 is 1.00 bits per heavy atom. The Kier molecular flexibility index (Phi) is 7.32. The van der Waals surface area contributed by atoms with E-state index >= 15 is 0 Å². The number of aromatic nitrogens is 2. The van der Waals surface area contributed by atoms with Crippen molar-refractivity contribution in [2.24, 2.45) is 0 Å². The van der Waals surface area contributed by atoms with Crippen molar-refractivity contribution >= 4 is 27.5 Å². The van der Waals surface area contributed by atoms with E-state index < -0.39 is 0 Å². The zero-order valence-corrected chi connectivity index (χ0v) is 19.6.